The monoisotopic (exact) mass is 347 g/mol. The summed E-state index contributed by atoms with van der Waals surface area (Å²) in [6, 6.07) is 5.35. The van der Waals surface area contributed by atoms with Crippen LogP contribution in [0.2, 0.25) is 0 Å². The minimum absolute atomic E-state index is 0.0130. The van der Waals surface area contributed by atoms with Gasteiger partial charge in [0, 0.05) is 29.5 Å². The molecule has 0 spiro atoms. The van der Waals surface area contributed by atoms with E-state index in [1.807, 2.05) is 31.7 Å². The van der Waals surface area contributed by atoms with E-state index in [-0.39, 0.29) is 6.04 Å². The van der Waals surface area contributed by atoms with E-state index in [2.05, 4.69) is 6.92 Å². The van der Waals surface area contributed by atoms with Gasteiger partial charge in [0.05, 0.1) is 4.90 Å². The van der Waals surface area contributed by atoms with E-state index in [9.17, 15) is 8.42 Å². The molecule has 0 amide bonds. The number of rotatable bonds is 4. The zero-order valence-corrected chi connectivity index (χ0v) is 15.1. The molecule has 2 atom stereocenters. The molecule has 0 N–H and O–H groups in total. The van der Waals surface area contributed by atoms with Crippen molar-refractivity contribution in [1.82, 2.24) is 4.31 Å². The summed E-state index contributed by atoms with van der Waals surface area (Å²) in [5.41, 5.74) is 2.02. The van der Waals surface area contributed by atoms with Crippen LogP contribution >= 0.6 is 23.4 Å². The number of alkyl halides is 1. The third-order valence-electron chi connectivity index (χ3n) is 4.14. The van der Waals surface area contributed by atoms with Crippen LogP contribution in [0.1, 0.15) is 31.9 Å². The summed E-state index contributed by atoms with van der Waals surface area (Å²) in [5, 5.41) is 0.316. The summed E-state index contributed by atoms with van der Waals surface area (Å²) in [4.78, 5) is 0.362. The van der Waals surface area contributed by atoms with Crippen LogP contribution in [0, 0.1) is 0 Å². The van der Waals surface area contributed by atoms with Crippen molar-refractivity contribution in [2.45, 2.75) is 49.3 Å². The SMILES string of the molecule is CCc1ccc(S(=O)(=O)N2CCSC(C)C2C)cc1CCl. The first-order chi connectivity index (χ1) is 9.91. The molecule has 1 saturated heterocycles. The van der Waals surface area contributed by atoms with Gasteiger partial charge in [0.2, 0.25) is 10.0 Å². The van der Waals surface area contributed by atoms with Crippen LogP contribution in [0.25, 0.3) is 0 Å². The quantitative estimate of drug-likeness (QED) is 0.782. The molecule has 0 bridgehead atoms. The Morgan fingerprint density at radius 1 is 1.33 bits per heavy atom. The predicted octanol–water partition coefficient (Wildman–Crippen LogP) is 3.50. The fraction of sp³-hybridized carbons (Fsp3) is 0.600. The third kappa shape index (κ3) is 3.41. The minimum atomic E-state index is -3.44. The largest absolute Gasteiger partial charge is 0.243 e. The lowest BCUT2D eigenvalue weighted by molar-refractivity contribution is 0.340. The van der Waals surface area contributed by atoms with Crippen molar-refractivity contribution in [3.63, 3.8) is 0 Å². The van der Waals surface area contributed by atoms with Gasteiger partial charge < -0.3 is 0 Å². The Balaban J connectivity index is 2.39. The molecule has 1 fully saturated rings. The highest BCUT2D eigenvalue weighted by molar-refractivity contribution is 8.00. The van der Waals surface area contributed by atoms with Gasteiger partial charge in [-0.1, -0.05) is 19.9 Å². The maximum atomic E-state index is 12.9. The zero-order chi connectivity index (χ0) is 15.6. The fourth-order valence-corrected chi connectivity index (χ4v) is 5.91. The van der Waals surface area contributed by atoms with Gasteiger partial charge in [0.15, 0.2) is 0 Å². The highest BCUT2D eigenvalue weighted by Gasteiger charge is 2.35. The first-order valence-corrected chi connectivity index (χ1v) is 10.2. The van der Waals surface area contributed by atoms with Gasteiger partial charge in [0.25, 0.3) is 0 Å². The van der Waals surface area contributed by atoms with Crippen molar-refractivity contribution >= 4 is 33.4 Å². The molecule has 2 unspecified atom stereocenters. The topological polar surface area (TPSA) is 37.4 Å². The highest BCUT2D eigenvalue weighted by atomic mass is 35.5. The van der Waals surface area contributed by atoms with Gasteiger partial charge >= 0.3 is 0 Å². The van der Waals surface area contributed by atoms with E-state index in [4.69, 9.17) is 11.6 Å². The summed E-state index contributed by atoms with van der Waals surface area (Å²) in [5.74, 6) is 1.19. The molecular weight excluding hydrogens is 326 g/mol. The Bertz CT molecular complexity index is 604. The Kier molecular flexibility index (Phi) is 5.63. The van der Waals surface area contributed by atoms with Gasteiger partial charge in [-0.05, 0) is 36.6 Å². The Morgan fingerprint density at radius 3 is 2.67 bits per heavy atom. The smallest absolute Gasteiger partial charge is 0.207 e. The predicted molar refractivity (Wildman–Crippen MR) is 90.7 cm³/mol. The normalized spacial score (nSPS) is 24.2. The fourth-order valence-electron chi connectivity index (χ4n) is 2.61. The van der Waals surface area contributed by atoms with Gasteiger partial charge in [-0.3, -0.25) is 0 Å². The molecule has 0 aliphatic carbocycles. The molecule has 6 heteroatoms. The molecule has 0 saturated carbocycles. The number of nitrogens with zero attached hydrogens (tertiary/aromatic N) is 1. The second-order valence-corrected chi connectivity index (χ2v) is 8.99. The number of aryl methyl sites for hydroxylation is 1. The summed E-state index contributed by atoms with van der Waals surface area (Å²) in [6.07, 6.45) is 0.857. The second-order valence-electron chi connectivity index (χ2n) is 5.35. The maximum absolute atomic E-state index is 12.9. The molecular formula is C15H22ClNO2S2. The number of hydrogen-bond acceptors (Lipinski definition) is 3. The molecule has 1 aromatic rings. The molecule has 21 heavy (non-hydrogen) atoms. The second kappa shape index (κ2) is 6.90. The third-order valence-corrected chi connectivity index (χ3v) is 7.74. The van der Waals surface area contributed by atoms with Gasteiger partial charge in [-0.15, -0.1) is 11.6 Å². The molecule has 3 nitrogen and oxygen atoms in total. The number of thioether (sulfide) groups is 1. The van der Waals surface area contributed by atoms with Crippen LogP contribution in [0.5, 0.6) is 0 Å². The maximum Gasteiger partial charge on any atom is 0.243 e. The molecule has 0 aromatic heterocycles. The number of sulfonamides is 1. The number of hydrogen-bond donors (Lipinski definition) is 0. The van der Waals surface area contributed by atoms with Crippen LogP contribution in [-0.4, -0.2) is 36.3 Å². The summed E-state index contributed by atoms with van der Waals surface area (Å²) >= 11 is 7.79. The molecule has 1 aliphatic rings. The van der Waals surface area contributed by atoms with Crippen LogP contribution in [-0.2, 0) is 22.3 Å². The van der Waals surface area contributed by atoms with Gasteiger partial charge in [-0.25, -0.2) is 8.42 Å². The molecule has 1 heterocycles. The summed E-state index contributed by atoms with van der Waals surface area (Å²) in [7, 11) is -3.44. The Labute approximate surface area is 137 Å². The summed E-state index contributed by atoms with van der Waals surface area (Å²) < 4.78 is 27.4. The van der Waals surface area contributed by atoms with Crippen LogP contribution in [0.3, 0.4) is 0 Å². The lowest BCUT2D eigenvalue weighted by Crippen LogP contribution is -2.47. The van der Waals surface area contributed by atoms with Crippen LogP contribution < -0.4 is 0 Å². The number of benzene rings is 1. The van der Waals surface area contributed by atoms with E-state index in [0.29, 0.717) is 22.6 Å². The summed E-state index contributed by atoms with van der Waals surface area (Å²) in [6.45, 7) is 6.69. The minimum Gasteiger partial charge on any atom is -0.207 e. The van der Waals surface area contributed by atoms with Gasteiger partial charge in [0.1, 0.15) is 0 Å². The van der Waals surface area contributed by atoms with Gasteiger partial charge in [-0.2, -0.15) is 16.1 Å². The molecule has 1 aromatic carbocycles. The molecule has 118 valence electrons. The first kappa shape index (κ1) is 17.1. The van der Waals surface area contributed by atoms with E-state index in [1.54, 1.807) is 16.4 Å². The lowest BCUT2D eigenvalue weighted by Gasteiger charge is -2.36. The van der Waals surface area contributed by atoms with Crippen molar-refractivity contribution < 1.29 is 8.42 Å². The van der Waals surface area contributed by atoms with Crippen molar-refractivity contribution in [2.75, 3.05) is 12.3 Å². The molecule has 2 rings (SSSR count). The van der Waals surface area contributed by atoms with Crippen molar-refractivity contribution in [1.29, 1.82) is 0 Å². The lowest BCUT2D eigenvalue weighted by atomic mass is 10.1. The standard InChI is InChI=1S/C15H22ClNO2S2/c1-4-13-5-6-15(9-14(13)10-16)21(18,19)17-7-8-20-12(3)11(17)2/h5-6,9,11-12H,4,7-8,10H2,1-3H3. The van der Waals surface area contributed by atoms with Crippen molar-refractivity contribution in [3.8, 4) is 0 Å². The van der Waals surface area contributed by atoms with Crippen LogP contribution in [0.15, 0.2) is 23.1 Å². The zero-order valence-electron chi connectivity index (χ0n) is 12.7. The average Bonchev–Trinajstić information content (AvgIpc) is 2.49. The van der Waals surface area contributed by atoms with Crippen LogP contribution in [0.4, 0.5) is 0 Å². The molecule has 0 radical (unpaired) electrons. The van der Waals surface area contributed by atoms with E-state index in [1.165, 1.54) is 0 Å². The Morgan fingerprint density at radius 2 is 2.05 bits per heavy atom. The van der Waals surface area contributed by atoms with E-state index >= 15 is 0 Å². The average molecular weight is 348 g/mol. The van der Waals surface area contributed by atoms with Crippen molar-refractivity contribution in [3.05, 3.63) is 29.3 Å². The van der Waals surface area contributed by atoms with E-state index in [0.717, 1.165) is 23.3 Å². The first-order valence-electron chi connectivity index (χ1n) is 7.23. The molecule has 1 aliphatic heterocycles. The Hall–Kier alpha value is -0.230. The number of halogens is 1. The highest BCUT2D eigenvalue weighted by Crippen LogP contribution is 2.30. The van der Waals surface area contributed by atoms with E-state index < -0.39 is 10.0 Å². The van der Waals surface area contributed by atoms with Crippen molar-refractivity contribution in [2.24, 2.45) is 0 Å².